The van der Waals surface area contributed by atoms with E-state index in [0.717, 1.165) is 42.9 Å². The zero-order chi connectivity index (χ0) is 23.9. The maximum Gasteiger partial charge on any atom is 0.416 e. The number of aliphatic carboxylic acids is 1. The lowest BCUT2D eigenvalue weighted by Gasteiger charge is -2.29. The van der Waals surface area contributed by atoms with Crippen LogP contribution in [-0.4, -0.2) is 48.8 Å². The molecule has 5 rings (SSSR count). The molecule has 2 N–H and O–H groups in total. The van der Waals surface area contributed by atoms with Gasteiger partial charge in [0.25, 0.3) is 0 Å². The molecule has 2 aromatic carbocycles. The van der Waals surface area contributed by atoms with Gasteiger partial charge in [-0.15, -0.1) is 0 Å². The standard InChI is InChI=1S/C25H27F3N2O4/c26-25(27,28)21-5-3-19-18(20(21)13-30-9-7-29-8-10-30)4-6-22(19)34-16-1-2-17-15(11-24(31)32)14-33-23(17)12-16/h1-3,5,12,15,22,29H,4,6-11,13-14H2,(H,31,32)/t15?,22-/m1/s1. The molecule has 1 aliphatic carbocycles. The Morgan fingerprint density at radius 1 is 1.18 bits per heavy atom. The van der Waals surface area contributed by atoms with Crippen molar-refractivity contribution >= 4 is 5.97 Å². The Hall–Kier alpha value is -2.78. The van der Waals surface area contributed by atoms with E-state index in [1.165, 1.54) is 6.07 Å². The largest absolute Gasteiger partial charge is 0.492 e. The summed E-state index contributed by atoms with van der Waals surface area (Å²) in [6.07, 6.45) is -3.60. The minimum absolute atomic E-state index is 0.000595. The Labute approximate surface area is 195 Å². The quantitative estimate of drug-likeness (QED) is 0.654. The van der Waals surface area contributed by atoms with Crippen molar-refractivity contribution in [2.24, 2.45) is 0 Å². The van der Waals surface area contributed by atoms with Crippen LogP contribution in [0, 0.1) is 0 Å². The lowest BCUT2D eigenvalue weighted by Crippen LogP contribution is -2.43. The van der Waals surface area contributed by atoms with Gasteiger partial charge in [0.1, 0.15) is 17.6 Å². The van der Waals surface area contributed by atoms with Crippen LogP contribution in [0.1, 0.15) is 52.7 Å². The maximum atomic E-state index is 13.8. The lowest BCUT2D eigenvalue weighted by atomic mass is 9.96. The van der Waals surface area contributed by atoms with Crippen LogP contribution in [0.5, 0.6) is 11.5 Å². The van der Waals surface area contributed by atoms with Crippen molar-refractivity contribution in [2.75, 3.05) is 32.8 Å². The van der Waals surface area contributed by atoms with Gasteiger partial charge in [0.05, 0.1) is 18.6 Å². The number of carboxylic acid groups (broad SMARTS) is 1. The second-order valence-electron chi connectivity index (χ2n) is 9.13. The Morgan fingerprint density at radius 2 is 1.94 bits per heavy atom. The van der Waals surface area contributed by atoms with E-state index >= 15 is 0 Å². The fourth-order valence-electron chi connectivity index (χ4n) is 5.27. The van der Waals surface area contributed by atoms with Crippen molar-refractivity contribution in [3.05, 3.63) is 58.1 Å². The van der Waals surface area contributed by atoms with Crippen LogP contribution in [0.2, 0.25) is 0 Å². The van der Waals surface area contributed by atoms with E-state index in [2.05, 4.69) is 10.2 Å². The molecule has 2 aliphatic heterocycles. The Bertz CT molecular complexity index is 1080. The summed E-state index contributed by atoms with van der Waals surface area (Å²) >= 11 is 0. The number of carboxylic acids is 1. The van der Waals surface area contributed by atoms with Gasteiger partial charge in [-0.25, -0.2) is 0 Å². The van der Waals surface area contributed by atoms with Crippen LogP contribution < -0.4 is 14.8 Å². The van der Waals surface area contributed by atoms with Crippen LogP contribution in [0.15, 0.2) is 30.3 Å². The predicted octanol–water partition coefficient (Wildman–Crippen LogP) is 4.13. The summed E-state index contributed by atoms with van der Waals surface area (Å²) < 4.78 is 53.4. The predicted molar refractivity (Wildman–Crippen MR) is 118 cm³/mol. The van der Waals surface area contributed by atoms with Crippen molar-refractivity contribution in [3.63, 3.8) is 0 Å². The van der Waals surface area contributed by atoms with Gasteiger partial charge in [0.2, 0.25) is 0 Å². The number of halogens is 3. The summed E-state index contributed by atoms with van der Waals surface area (Å²) in [6, 6.07) is 8.11. The Morgan fingerprint density at radius 3 is 2.68 bits per heavy atom. The van der Waals surface area contributed by atoms with Gasteiger partial charge in [0, 0.05) is 50.3 Å². The Balaban J connectivity index is 1.39. The van der Waals surface area contributed by atoms with Gasteiger partial charge in [-0.05, 0) is 41.7 Å². The highest BCUT2D eigenvalue weighted by Gasteiger charge is 2.38. The minimum Gasteiger partial charge on any atom is -0.492 e. The highest BCUT2D eigenvalue weighted by atomic mass is 19.4. The van der Waals surface area contributed by atoms with Crippen LogP contribution in [0.25, 0.3) is 0 Å². The van der Waals surface area contributed by atoms with E-state index in [4.69, 9.17) is 14.6 Å². The van der Waals surface area contributed by atoms with Crippen LogP contribution in [0.4, 0.5) is 13.2 Å². The molecule has 182 valence electrons. The number of benzene rings is 2. The molecule has 2 heterocycles. The SMILES string of the molecule is O=C(O)CC1COc2cc(O[C@@H]3CCc4c3ccc(C(F)(F)F)c4CN3CCNCC3)ccc21. The molecule has 0 aromatic heterocycles. The van der Waals surface area contributed by atoms with Crippen molar-refractivity contribution in [1.29, 1.82) is 0 Å². The van der Waals surface area contributed by atoms with E-state index in [0.29, 0.717) is 36.5 Å². The number of fused-ring (bicyclic) bond motifs is 2. The molecule has 1 saturated heterocycles. The van der Waals surface area contributed by atoms with Crippen molar-refractivity contribution in [3.8, 4) is 11.5 Å². The first-order valence-electron chi connectivity index (χ1n) is 11.6. The monoisotopic (exact) mass is 476 g/mol. The number of alkyl halides is 3. The third-order valence-electron chi connectivity index (χ3n) is 6.93. The van der Waals surface area contributed by atoms with Crippen LogP contribution in [-0.2, 0) is 23.9 Å². The Kier molecular flexibility index (Phi) is 6.16. The fourth-order valence-corrected chi connectivity index (χ4v) is 5.27. The smallest absolute Gasteiger partial charge is 0.416 e. The normalized spacial score (nSPS) is 22.2. The highest BCUT2D eigenvalue weighted by Crippen LogP contribution is 2.44. The van der Waals surface area contributed by atoms with Crippen molar-refractivity contribution in [1.82, 2.24) is 10.2 Å². The highest BCUT2D eigenvalue weighted by molar-refractivity contribution is 5.68. The summed E-state index contributed by atoms with van der Waals surface area (Å²) in [5.74, 6) is 0.103. The van der Waals surface area contributed by atoms with Crippen molar-refractivity contribution in [2.45, 2.75) is 44.0 Å². The average Bonchev–Trinajstić information content (AvgIpc) is 3.38. The summed E-state index contributed by atoms with van der Waals surface area (Å²) in [5.41, 5.74) is 2.21. The molecule has 1 fully saturated rings. The van der Waals surface area contributed by atoms with Gasteiger partial charge in [-0.1, -0.05) is 12.1 Å². The summed E-state index contributed by atoms with van der Waals surface area (Å²) in [6.45, 7) is 3.58. The third kappa shape index (κ3) is 4.59. The van der Waals surface area contributed by atoms with Gasteiger partial charge < -0.3 is 19.9 Å². The molecule has 3 aliphatic rings. The number of hydrogen-bond acceptors (Lipinski definition) is 5. The molecule has 0 amide bonds. The van der Waals surface area contributed by atoms with Crippen LogP contribution >= 0.6 is 0 Å². The first kappa shape index (κ1) is 23.0. The maximum absolute atomic E-state index is 13.8. The fraction of sp³-hybridized carbons (Fsp3) is 0.480. The lowest BCUT2D eigenvalue weighted by molar-refractivity contribution is -0.139. The zero-order valence-electron chi connectivity index (χ0n) is 18.7. The van der Waals surface area contributed by atoms with Gasteiger partial charge in [-0.3, -0.25) is 9.69 Å². The molecule has 6 nitrogen and oxygen atoms in total. The van der Waals surface area contributed by atoms with Gasteiger partial charge >= 0.3 is 12.1 Å². The number of hydrogen-bond donors (Lipinski definition) is 2. The third-order valence-corrected chi connectivity index (χ3v) is 6.93. The molecular formula is C25H27F3N2O4. The van der Waals surface area contributed by atoms with Crippen LogP contribution in [0.3, 0.4) is 0 Å². The number of ether oxygens (including phenoxy) is 2. The number of carbonyl (C=O) groups is 1. The summed E-state index contributed by atoms with van der Waals surface area (Å²) in [7, 11) is 0. The number of nitrogens with one attached hydrogen (secondary N) is 1. The van der Waals surface area contributed by atoms with E-state index in [1.807, 2.05) is 6.07 Å². The topological polar surface area (TPSA) is 71.0 Å². The molecule has 0 spiro atoms. The first-order valence-corrected chi connectivity index (χ1v) is 11.6. The number of rotatable bonds is 6. The van der Waals surface area contributed by atoms with Gasteiger partial charge in [-0.2, -0.15) is 13.2 Å². The second-order valence-corrected chi connectivity index (χ2v) is 9.13. The number of nitrogens with zero attached hydrogens (tertiary/aromatic N) is 1. The van der Waals surface area contributed by atoms with E-state index in [1.54, 1.807) is 18.2 Å². The molecule has 1 unspecified atom stereocenters. The molecule has 34 heavy (non-hydrogen) atoms. The molecule has 0 bridgehead atoms. The molecule has 0 saturated carbocycles. The first-order chi connectivity index (χ1) is 16.3. The summed E-state index contributed by atoms with van der Waals surface area (Å²) in [5, 5.41) is 12.3. The van der Waals surface area contributed by atoms with Crippen molar-refractivity contribution < 1.29 is 32.5 Å². The average molecular weight is 476 g/mol. The van der Waals surface area contributed by atoms with E-state index < -0.39 is 17.7 Å². The second kappa shape index (κ2) is 9.11. The molecule has 2 aromatic rings. The molecule has 2 atom stereocenters. The zero-order valence-corrected chi connectivity index (χ0v) is 18.7. The van der Waals surface area contributed by atoms with E-state index in [-0.39, 0.29) is 25.0 Å². The van der Waals surface area contributed by atoms with Gasteiger partial charge in [0.15, 0.2) is 0 Å². The number of piperazine rings is 1. The van der Waals surface area contributed by atoms with E-state index in [9.17, 15) is 18.0 Å². The summed E-state index contributed by atoms with van der Waals surface area (Å²) in [4.78, 5) is 13.1. The minimum atomic E-state index is -4.40. The molecular weight excluding hydrogens is 449 g/mol. The molecule has 9 heteroatoms. The molecule has 0 radical (unpaired) electrons.